The Morgan fingerprint density at radius 3 is 2.67 bits per heavy atom. The van der Waals surface area contributed by atoms with Crippen LogP contribution in [0.2, 0.25) is 0 Å². The molecule has 0 aliphatic carbocycles. The van der Waals surface area contributed by atoms with E-state index in [1.54, 1.807) is 12.3 Å². The van der Waals surface area contributed by atoms with Crippen molar-refractivity contribution in [1.29, 1.82) is 0 Å². The van der Waals surface area contributed by atoms with Crippen molar-refractivity contribution in [2.24, 2.45) is 0 Å². The van der Waals surface area contributed by atoms with Crippen molar-refractivity contribution in [3.05, 3.63) is 65.0 Å². The number of hydrogen-bond donors (Lipinski definition) is 0. The molecule has 0 N–H and O–H groups in total. The zero-order valence-corrected chi connectivity index (χ0v) is 10.8. The van der Waals surface area contributed by atoms with Crippen LogP contribution >= 0.6 is 0 Å². The zero-order chi connectivity index (χ0) is 13.0. The summed E-state index contributed by atoms with van der Waals surface area (Å²) in [6.45, 7) is 4.21. The van der Waals surface area contributed by atoms with Gasteiger partial charge in [-0.1, -0.05) is 31.5 Å². The van der Waals surface area contributed by atoms with Crippen LogP contribution in [0.25, 0.3) is 0 Å². The largest absolute Gasteiger partial charge is 0.287 e. The number of carbonyl (C=O) groups is 1. The van der Waals surface area contributed by atoms with Crippen molar-refractivity contribution in [2.45, 2.75) is 26.7 Å². The molecule has 18 heavy (non-hydrogen) atoms. The number of benzene rings is 1. The van der Waals surface area contributed by atoms with E-state index >= 15 is 0 Å². The second-order valence-electron chi connectivity index (χ2n) is 4.44. The molecule has 0 aliphatic heterocycles. The number of aromatic nitrogens is 1. The molecule has 0 bridgehead atoms. The molecular weight excluding hydrogens is 222 g/mol. The quantitative estimate of drug-likeness (QED) is 0.763. The van der Waals surface area contributed by atoms with Crippen molar-refractivity contribution in [2.75, 3.05) is 0 Å². The van der Waals surface area contributed by atoms with Gasteiger partial charge in [0.15, 0.2) is 0 Å². The molecule has 1 aromatic carbocycles. The highest BCUT2D eigenvalue weighted by Gasteiger charge is 2.10. The molecule has 0 atom stereocenters. The van der Waals surface area contributed by atoms with Crippen molar-refractivity contribution >= 4 is 5.78 Å². The third kappa shape index (κ3) is 2.65. The number of rotatable bonds is 4. The number of nitrogens with zero attached hydrogens (tertiary/aromatic N) is 1. The summed E-state index contributed by atoms with van der Waals surface area (Å²) in [7, 11) is 0. The Balaban J connectivity index is 2.30. The fourth-order valence-corrected chi connectivity index (χ4v) is 2.03. The molecule has 0 radical (unpaired) electrons. The first-order valence-electron chi connectivity index (χ1n) is 6.27. The van der Waals surface area contributed by atoms with E-state index < -0.39 is 0 Å². The van der Waals surface area contributed by atoms with Gasteiger partial charge < -0.3 is 0 Å². The van der Waals surface area contributed by atoms with E-state index in [0.717, 1.165) is 12.8 Å². The molecule has 2 heteroatoms. The minimum Gasteiger partial charge on any atom is -0.287 e. The first kappa shape index (κ1) is 12.5. The van der Waals surface area contributed by atoms with Gasteiger partial charge in [-0.2, -0.15) is 0 Å². The Morgan fingerprint density at radius 2 is 2.06 bits per heavy atom. The van der Waals surface area contributed by atoms with Crippen LogP contribution in [0.3, 0.4) is 0 Å². The lowest BCUT2D eigenvalue weighted by molar-refractivity contribution is 0.103. The predicted octanol–water partition coefficient (Wildman–Crippen LogP) is 3.57. The van der Waals surface area contributed by atoms with Crippen LogP contribution in [-0.2, 0) is 6.42 Å². The average Bonchev–Trinajstić information content (AvgIpc) is 2.41. The Labute approximate surface area is 108 Å². The normalized spacial score (nSPS) is 10.3. The first-order chi connectivity index (χ1) is 8.72. The standard InChI is InChI=1S/C16H17NO/c1-3-6-13-8-9-14(11-12(13)2)16(18)15-7-4-5-10-17-15/h4-5,7-11H,3,6H2,1-2H3. The topological polar surface area (TPSA) is 30.0 Å². The monoisotopic (exact) mass is 239 g/mol. The molecule has 0 fully saturated rings. The van der Waals surface area contributed by atoms with Gasteiger partial charge in [0.2, 0.25) is 5.78 Å². The molecule has 1 aromatic heterocycles. The van der Waals surface area contributed by atoms with Crippen LogP contribution in [0.5, 0.6) is 0 Å². The molecule has 0 spiro atoms. The fourth-order valence-electron chi connectivity index (χ4n) is 2.03. The van der Waals surface area contributed by atoms with Gasteiger partial charge in [0, 0.05) is 11.8 Å². The molecule has 0 saturated heterocycles. The fraction of sp³-hybridized carbons (Fsp3) is 0.250. The maximum atomic E-state index is 12.2. The highest BCUT2D eigenvalue weighted by Crippen LogP contribution is 2.15. The lowest BCUT2D eigenvalue weighted by Crippen LogP contribution is -2.04. The molecule has 2 nitrogen and oxygen atoms in total. The van der Waals surface area contributed by atoms with E-state index in [0.29, 0.717) is 11.3 Å². The minimum absolute atomic E-state index is 0.0123. The lowest BCUT2D eigenvalue weighted by atomic mass is 9.98. The third-order valence-corrected chi connectivity index (χ3v) is 3.02. The molecule has 0 unspecified atom stereocenters. The Hall–Kier alpha value is -1.96. The summed E-state index contributed by atoms with van der Waals surface area (Å²) in [6.07, 6.45) is 3.82. The summed E-state index contributed by atoms with van der Waals surface area (Å²) in [4.78, 5) is 16.3. The van der Waals surface area contributed by atoms with Crippen LogP contribution in [0, 0.1) is 6.92 Å². The van der Waals surface area contributed by atoms with Crippen molar-refractivity contribution in [3.8, 4) is 0 Å². The second kappa shape index (κ2) is 5.58. The molecule has 2 rings (SSSR count). The molecule has 0 amide bonds. The van der Waals surface area contributed by atoms with Gasteiger partial charge >= 0.3 is 0 Å². The van der Waals surface area contributed by atoms with E-state index in [4.69, 9.17) is 0 Å². The van der Waals surface area contributed by atoms with E-state index in [-0.39, 0.29) is 5.78 Å². The summed E-state index contributed by atoms with van der Waals surface area (Å²) in [5, 5.41) is 0. The SMILES string of the molecule is CCCc1ccc(C(=O)c2ccccn2)cc1C. The number of aryl methyl sites for hydroxylation is 2. The Morgan fingerprint density at radius 1 is 1.22 bits per heavy atom. The number of pyridine rings is 1. The van der Waals surface area contributed by atoms with Crippen LogP contribution < -0.4 is 0 Å². The Bertz CT molecular complexity index is 546. The first-order valence-corrected chi connectivity index (χ1v) is 6.27. The lowest BCUT2D eigenvalue weighted by Gasteiger charge is -2.07. The summed E-state index contributed by atoms with van der Waals surface area (Å²) in [5.74, 6) is -0.0123. The van der Waals surface area contributed by atoms with Crippen molar-refractivity contribution in [1.82, 2.24) is 4.98 Å². The van der Waals surface area contributed by atoms with Gasteiger partial charge in [0.1, 0.15) is 5.69 Å². The molecule has 2 aromatic rings. The predicted molar refractivity (Wildman–Crippen MR) is 72.8 cm³/mol. The minimum atomic E-state index is -0.0123. The van der Waals surface area contributed by atoms with Crippen LogP contribution in [0.1, 0.15) is 40.5 Å². The summed E-state index contributed by atoms with van der Waals surface area (Å²) in [5.41, 5.74) is 3.71. The molecule has 0 aliphatic rings. The molecular formula is C16H17NO. The highest BCUT2D eigenvalue weighted by atomic mass is 16.1. The van der Waals surface area contributed by atoms with Gasteiger partial charge in [-0.05, 0) is 42.7 Å². The van der Waals surface area contributed by atoms with Crippen LogP contribution in [-0.4, -0.2) is 10.8 Å². The second-order valence-corrected chi connectivity index (χ2v) is 4.44. The smallest absolute Gasteiger partial charge is 0.211 e. The Kier molecular flexibility index (Phi) is 3.88. The number of hydrogen-bond acceptors (Lipinski definition) is 2. The van der Waals surface area contributed by atoms with Gasteiger partial charge in [0.25, 0.3) is 0 Å². The average molecular weight is 239 g/mol. The third-order valence-electron chi connectivity index (χ3n) is 3.02. The zero-order valence-electron chi connectivity index (χ0n) is 10.8. The molecule has 0 saturated carbocycles. The summed E-state index contributed by atoms with van der Waals surface area (Å²) < 4.78 is 0. The maximum absolute atomic E-state index is 12.2. The van der Waals surface area contributed by atoms with Gasteiger partial charge in [-0.3, -0.25) is 9.78 Å². The summed E-state index contributed by atoms with van der Waals surface area (Å²) >= 11 is 0. The van der Waals surface area contributed by atoms with Gasteiger partial charge in [-0.15, -0.1) is 0 Å². The summed E-state index contributed by atoms with van der Waals surface area (Å²) in [6, 6.07) is 11.3. The van der Waals surface area contributed by atoms with E-state index in [2.05, 4.69) is 24.9 Å². The van der Waals surface area contributed by atoms with Crippen LogP contribution in [0.15, 0.2) is 42.6 Å². The van der Waals surface area contributed by atoms with Crippen molar-refractivity contribution in [3.63, 3.8) is 0 Å². The van der Waals surface area contributed by atoms with E-state index in [9.17, 15) is 4.79 Å². The molecule has 1 heterocycles. The number of carbonyl (C=O) groups excluding carboxylic acids is 1. The number of ketones is 1. The van der Waals surface area contributed by atoms with Gasteiger partial charge in [0.05, 0.1) is 0 Å². The maximum Gasteiger partial charge on any atom is 0.211 e. The van der Waals surface area contributed by atoms with Crippen LogP contribution in [0.4, 0.5) is 0 Å². The van der Waals surface area contributed by atoms with Crippen molar-refractivity contribution < 1.29 is 4.79 Å². The van der Waals surface area contributed by atoms with Gasteiger partial charge in [-0.25, -0.2) is 0 Å². The highest BCUT2D eigenvalue weighted by molar-refractivity contribution is 6.07. The van der Waals surface area contributed by atoms with E-state index in [1.807, 2.05) is 24.3 Å². The van der Waals surface area contributed by atoms with E-state index in [1.165, 1.54) is 11.1 Å². The molecule has 92 valence electrons.